The molecule has 4 aliphatic rings. The number of nitrogens with two attached hydrogens (primary N) is 1. The van der Waals surface area contributed by atoms with Crippen molar-refractivity contribution in [3.8, 4) is 0 Å². The smallest absolute Gasteiger partial charge is 0.247 e. The van der Waals surface area contributed by atoms with Crippen LogP contribution < -0.4 is 16.4 Å². The maximum absolute atomic E-state index is 13.7. The normalized spacial score (nSPS) is 27.8. The van der Waals surface area contributed by atoms with Crippen LogP contribution in [0.25, 0.3) is 0 Å². The Morgan fingerprint density at radius 1 is 1.00 bits per heavy atom. The Labute approximate surface area is 211 Å². The summed E-state index contributed by atoms with van der Waals surface area (Å²) in [5, 5.41) is 6.04. The maximum Gasteiger partial charge on any atom is 0.247 e. The minimum absolute atomic E-state index is 0.0881. The van der Waals surface area contributed by atoms with E-state index < -0.39 is 22.7 Å². The molecule has 2 atom stereocenters. The number of allylic oxidation sites excluding steroid dienone is 4. The van der Waals surface area contributed by atoms with Crippen LogP contribution in [0, 0.1) is 5.41 Å². The summed E-state index contributed by atoms with van der Waals surface area (Å²) < 4.78 is 0. The molecule has 2 saturated carbocycles. The highest BCUT2D eigenvalue weighted by Crippen LogP contribution is 2.36. The molecule has 4 N–H and O–H groups in total. The van der Waals surface area contributed by atoms with Gasteiger partial charge in [-0.3, -0.25) is 24.4 Å². The lowest BCUT2D eigenvalue weighted by molar-refractivity contribution is -0.136. The molecule has 1 heterocycles. The molecule has 8 heteroatoms. The fourth-order valence-corrected chi connectivity index (χ4v) is 5.74. The highest BCUT2D eigenvalue weighted by molar-refractivity contribution is 6.24. The van der Waals surface area contributed by atoms with Crippen LogP contribution >= 0.6 is 0 Å². The Kier molecular flexibility index (Phi) is 6.24. The van der Waals surface area contributed by atoms with Gasteiger partial charge in [0, 0.05) is 11.8 Å². The highest BCUT2D eigenvalue weighted by atomic mass is 16.2. The van der Waals surface area contributed by atoms with Crippen LogP contribution in [0.5, 0.6) is 0 Å². The number of hydrogen-bond donors (Lipinski definition) is 3. The number of amides is 2. The molecule has 5 rings (SSSR count). The number of hydrogen-bond acceptors (Lipinski definition) is 6. The average Bonchev–Trinajstić information content (AvgIpc) is 3.49. The first-order valence-corrected chi connectivity index (χ1v) is 12.8. The molecule has 2 fully saturated rings. The number of benzene rings is 1. The summed E-state index contributed by atoms with van der Waals surface area (Å²) in [6.45, 7) is 1.83. The van der Waals surface area contributed by atoms with Crippen molar-refractivity contribution in [2.45, 2.75) is 75.5 Å². The van der Waals surface area contributed by atoms with E-state index in [4.69, 9.17) is 10.7 Å². The number of nitrogens with zero attached hydrogens (tertiary/aromatic N) is 2. The van der Waals surface area contributed by atoms with Crippen LogP contribution in [-0.2, 0) is 14.4 Å². The third-order valence-electron chi connectivity index (χ3n) is 8.05. The number of rotatable bonds is 5. The molecule has 0 radical (unpaired) electrons. The second kappa shape index (κ2) is 9.24. The zero-order valence-electron chi connectivity index (χ0n) is 20.6. The fraction of sp³-hybridized carbons (Fsp3) is 0.464. The lowest BCUT2D eigenvalue weighted by Gasteiger charge is -2.34. The minimum Gasteiger partial charge on any atom is -0.340 e. The van der Waals surface area contributed by atoms with E-state index >= 15 is 0 Å². The lowest BCUT2D eigenvalue weighted by Crippen LogP contribution is -2.64. The summed E-state index contributed by atoms with van der Waals surface area (Å²) in [4.78, 5) is 49.3. The van der Waals surface area contributed by atoms with Crippen LogP contribution in [0.4, 0.5) is 5.69 Å². The topological polar surface area (TPSA) is 126 Å². The van der Waals surface area contributed by atoms with Crippen LogP contribution in [0.15, 0.2) is 58.6 Å². The Bertz CT molecular complexity index is 1200. The number of ketones is 1. The number of para-hydroxylation sites is 1. The molecule has 0 spiro atoms. The molecule has 2 amide bonds. The van der Waals surface area contributed by atoms with E-state index in [-0.39, 0.29) is 17.6 Å². The van der Waals surface area contributed by atoms with E-state index in [1.54, 1.807) is 18.4 Å². The third-order valence-corrected chi connectivity index (χ3v) is 8.05. The predicted octanol–water partition coefficient (Wildman–Crippen LogP) is 3.04. The molecule has 0 bridgehead atoms. The quantitative estimate of drug-likeness (QED) is 0.590. The van der Waals surface area contributed by atoms with E-state index in [2.05, 4.69) is 15.6 Å². The summed E-state index contributed by atoms with van der Waals surface area (Å²) in [6, 6.07) is 7.51. The standard InChI is InChI=1S/C28H33N5O3/c1-26(13-5-4-12-21(26)34)23-19-10-2-3-11-20(19)30-18-22(31-23)32-25(36)28(16-8-9-17-28)33-24(35)27(29)14-6-7-15-27/h2-5,10-13,18,22H,6-9,14-17,29H2,1H3,(H,32,36)(H,33,35)/t22?,26-/m1/s1. The van der Waals surface area contributed by atoms with Crippen molar-refractivity contribution in [2.24, 2.45) is 21.1 Å². The third kappa shape index (κ3) is 4.23. The maximum atomic E-state index is 13.7. The monoisotopic (exact) mass is 487 g/mol. The van der Waals surface area contributed by atoms with Crippen LogP contribution in [0.1, 0.15) is 63.9 Å². The van der Waals surface area contributed by atoms with Gasteiger partial charge in [0.05, 0.1) is 22.4 Å². The van der Waals surface area contributed by atoms with Gasteiger partial charge < -0.3 is 16.4 Å². The molecule has 8 nitrogen and oxygen atoms in total. The molecular weight excluding hydrogens is 454 g/mol. The number of carbonyl (C=O) groups is 3. The van der Waals surface area contributed by atoms with Gasteiger partial charge in [0.1, 0.15) is 5.54 Å². The first kappa shape index (κ1) is 24.3. The van der Waals surface area contributed by atoms with Crippen molar-refractivity contribution in [3.63, 3.8) is 0 Å². The first-order chi connectivity index (χ1) is 17.3. The van der Waals surface area contributed by atoms with Crippen LogP contribution in [0.2, 0.25) is 0 Å². The van der Waals surface area contributed by atoms with Crippen molar-refractivity contribution < 1.29 is 14.4 Å². The molecule has 188 valence electrons. The summed E-state index contributed by atoms with van der Waals surface area (Å²) in [6.07, 6.45) is 13.6. The second-order valence-corrected chi connectivity index (χ2v) is 10.6. The Hall–Kier alpha value is -3.39. The number of aliphatic imine (C=N–C) groups is 2. The van der Waals surface area contributed by atoms with Gasteiger partial charge in [-0.05, 0) is 44.7 Å². The van der Waals surface area contributed by atoms with Gasteiger partial charge in [0.15, 0.2) is 11.9 Å². The van der Waals surface area contributed by atoms with Crippen molar-refractivity contribution in [1.82, 2.24) is 10.6 Å². The largest absolute Gasteiger partial charge is 0.340 e. The molecular formula is C28H33N5O3. The number of carbonyl (C=O) groups excluding carboxylic acids is 3. The highest BCUT2D eigenvalue weighted by Gasteiger charge is 2.47. The molecule has 1 aliphatic heterocycles. The first-order valence-electron chi connectivity index (χ1n) is 12.8. The van der Waals surface area contributed by atoms with Gasteiger partial charge in [-0.25, -0.2) is 0 Å². The predicted molar refractivity (Wildman–Crippen MR) is 139 cm³/mol. The molecule has 3 aliphatic carbocycles. The lowest BCUT2D eigenvalue weighted by atomic mass is 9.75. The second-order valence-electron chi connectivity index (χ2n) is 10.6. The SMILES string of the molecule is C[C@@]1(C2=NC(NC(=O)C3(NC(=O)C4(N)CCCC4)CCCC3)C=Nc3ccccc32)C=CC=CC1=O. The van der Waals surface area contributed by atoms with Gasteiger partial charge in [-0.2, -0.15) is 0 Å². The van der Waals surface area contributed by atoms with Gasteiger partial charge in [0.25, 0.3) is 0 Å². The van der Waals surface area contributed by atoms with E-state index in [0.29, 0.717) is 37.1 Å². The van der Waals surface area contributed by atoms with Crippen molar-refractivity contribution in [1.29, 1.82) is 0 Å². The average molecular weight is 488 g/mol. The summed E-state index contributed by atoms with van der Waals surface area (Å²) in [5.41, 5.74) is 5.43. The molecule has 1 aromatic rings. The van der Waals surface area contributed by atoms with Crippen molar-refractivity contribution in [2.75, 3.05) is 0 Å². The van der Waals surface area contributed by atoms with E-state index in [1.165, 1.54) is 0 Å². The fourth-order valence-electron chi connectivity index (χ4n) is 5.74. The van der Waals surface area contributed by atoms with Crippen LogP contribution in [0.3, 0.4) is 0 Å². The summed E-state index contributed by atoms with van der Waals surface area (Å²) in [5.74, 6) is -0.633. The number of fused-ring (bicyclic) bond motifs is 1. The zero-order valence-corrected chi connectivity index (χ0v) is 20.6. The molecule has 0 aromatic heterocycles. The van der Waals surface area contributed by atoms with E-state index in [9.17, 15) is 14.4 Å². The molecule has 0 saturated heterocycles. The van der Waals surface area contributed by atoms with Gasteiger partial charge in [0.2, 0.25) is 11.8 Å². The van der Waals surface area contributed by atoms with Gasteiger partial charge in [-0.1, -0.05) is 62.1 Å². The Morgan fingerprint density at radius 2 is 1.69 bits per heavy atom. The Morgan fingerprint density at radius 3 is 2.42 bits per heavy atom. The molecule has 36 heavy (non-hydrogen) atoms. The molecule has 1 unspecified atom stereocenters. The van der Waals surface area contributed by atoms with Crippen molar-refractivity contribution in [3.05, 3.63) is 54.1 Å². The van der Waals surface area contributed by atoms with Crippen LogP contribution in [-0.4, -0.2) is 46.8 Å². The van der Waals surface area contributed by atoms with E-state index in [0.717, 1.165) is 31.2 Å². The van der Waals surface area contributed by atoms with Gasteiger partial charge >= 0.3 is 0 Å². The minimum atomic E-state index is -1.03. The summed E-state index contributed by atoms with van der Waals surface area (Å²) >= 11 is 0. The van der Waals surface area contributed by atoms with Gasteiger partial charge in [-0.15, -0.1) is 0 Å². The zero-order chi connectivity index (χ0) is 25.4. The van der Waals surface area contributed by atoms with Crippen molar-refractivity contribution >= 4 is 35.2 Å². The van der Waals surface area contributed by atoms with E-state index in [1.807, 2.05) is 43.3 Å². The Balaban J connectivity index is 1.45. The number of nitrogens with one attached hydrogen (secondary N) is 2. The molecule has 1 aromatic carbocycles. The summed E-state index contributed by atoms with van der Waals surface area (Å²) in [7, 11) is 0.